The van der Waals surface area contributed by atoms with E-state index >= 15 is 0 Å². The maximum absolute atomic E-state index is 14.3. The molecule has 50 heavy (non-hydrogen) atoms. The van der Waals surface area contributed by atoms with E-state index in [2.05, 4.69) is 38.2 Å². The highest BCUT2D eigenvalue weighted by Crippen LogP contribution is 2.45. The number of carboxylic acid groups (broad SMARTS) is 1. The number of hydrogen-bond acceptors (Lipinski definition) is 8. The van der Waals surface area contributed by atoms with Gasteiger partial charge in [-0.25, -0.2) is 9.59 Å². The number of aromatic nitrogens is 4. The molecule has 1 saturated heterocycles. The highest BCUT2D eigenvalue weighted by atomic mass is 16.6. The third-order valence-corrected chi connectivity index (χ3v) is 9.55. The number of carbonyl (C=O) groups is 4. The third kappa shape index (κ3) is 8.03. The molecule has 3 aliphatic rings. The summed E-state index contributed by atoms with van der Waals surface area (Å²) < 4.78 is 5.47. The summed E-state index contributed by atoms with van der Waals surface area (Å²) in [6.45, 7) is 5.31. The first-order valence-corrected chi connectivity index (χ1v) is 17.4. The number of fused-ring (bicyclic) bond motifs is 2. The minimum atomic E-state index is -1.43. The van der Waals surface area contributed by atoms with Gasteiger partial charge in [-0.3, -0.25) is 9.59 Å². The second-order valence-corrected chi connectivity index (χ2v) is 14.5. The van der Waals surface area contributed by atoms with Gasteiger partial charge in [-0.2, -0.15) is 4.80 Å². The topological polar surface area (TPSA) is 169 Å². The Morgan fingerprint density at radius 2 is 1.78 bits per heavy atom. The van der Waals surface area contributed by atoms with E-state index in [9.17, 15) is 24.3 Å². The summed E-state index contributed by atoms with van der Waals surface area (Å²) in [7, 11) is 0. The van der Waals surface area contributed by atoms with Crippen molar-refractivity contribution in [3.63, 3.8) is 0 Å². The van der Waals surface area contributed by atoms with Crippen molar-refractivity contribution in [1.29, 1.82) is 0 Å². The van der Waals surface area contributed by atoms with Crippen molar-refractivity contribution in [3.05, 3.63) is 78.1 Å². The number of nitrogens with one attached hydrogen (secondary N) is 2. The van der Waals surface area contributed by atoms with Gasteiger partial charge >= 0.3 is 12.1 Å². The lowest BCUT2D eigenvalue weighted by Gasteiger charge is -2.30. The van der Waals surface area contributed by atoms with Gasteiger partial charge in [0.15, 0.2) is 5.82 Å². The second kappa shape index (κ2) is 14.4. The molecule has 5 atom stereocenters. The molecule has 13 nitrogen and oxygen atoms in total. The van der Waals surface area contributed by atoms with Crippen molar-refractivity contribution < 1.29 is 29.0 Å². The lowest BCUT2D eigenvalue weighted by Crippen LogP contribution is -2.56. The molecule has 13 heteroatoms. The van der Waals surface area contributed by atoms with Crippen molar-refractivity contribution in [2.45, 2.75) is 101 Å². The quantitative estimate of drug-likeness (QED) is 0.318. The normalized spacial score (nSPS) is 26.4. The van der Waals surface area contributed by atoms with Crippen LogP contribution in [0, 0.1) is 5.92 Å². The predicted octanol–water partition coefficient (Wildman–Crippen LogP) is 4.45. The Labute approximate surface area is 291 Å². The summed E-state index contributed by atoms with van der Waals surface area (Å²) >= 11 is 0. The van der Waals surface area contributed by atoms with E-state index in [-0.39, 0.29) is 25.3 Å². The van der Waals surface area contributed by atoms with Crippen molar-refractivity contribution in [1.82, 2.24) is 35.7 Å². The minimum absolute atomic E-state index is 0.0778. The zero-order valence-corrected chi connectivity index (χ0v) is 28.7. The number of rotatable bonds is 6. The molecule has 0 unspecified atom stereocenters. The van der Waals surface area contributed by atoms with Crippen molar-refractivity contribution >= 4 is 23.9 Å². The molecule has 6 rings (SSSR count). The Hall–Kier alpha value is -5.07. The summed E-state index contributed by atoms with van der Waals surface area (Å²) in [4.78, 5) is 56.3. The fourth-order valence-corrected chi connectivity index (χ4v) is 6.80. The summed E-state index contributed by atoms with van der Waals surface area (Å²) in [6, 6.07) is 15.8. The van der Waals surface area contributed by atoms with Gasteiger partial charge < -0.3 is 25.4 Å². The van der Waals surface area contributed by atoms with Gasteiger partial charge in [-0.05, 0) is 68.4 Å². The number of aliphatic carboxylic acids is 1. The number of allylic oxidation sites excluding steroid dienone is 1. The third-order valence-electron chi connectivity index (χ3n) is 9.55. The van der Waals surface area contributed by atoms with Crippen LogP contribution in [0.15, 0.2) is 66.7 Å². The van der Waals surface area contributed by atoms with Crippen molar-refractivity contribution in [3.8, 4) is 11.1 Å². The van der Waals surface area contributed by atoms with Crippen LogP contribution >= 0.6 is 0 Å². The lowest BCUT2D eigenvalue weighted by atomic mass is 10.0. The van der Waals surface area contributed by atoms with Crippen LogP contribution < -0.4 is 10.6 Å². The van der Waals surface area contributed by atoms with E-state index in [1.54, 1.807) is 20.8 Å². The molecule has 3 amide bonds. The summed E-state index contributed by atoms with van der Waals surface area (Å²) in [5.41, 5.74) is 1.02. The molecule has 0 spiro atoms. The molecule has 1 aliphatic carbocycles. The first-order chi connectivity index (χ1) is 23.9. The largest absolute Gasteiger partial charge is 0.479 e. The van der Waals surface area contributed by atoms with Crippen LogP contribution in [-0.2, 0) is 25.5 Å². The molecule has 0 radical (unpaired) electrons. The molecule has 1 aromatic heterocycles. The van der Waals surface area contributed by atoms with Crippen molar-refractivity contribution in [2.75, 3.05) is 6.54 Å². The summed E-state index contributed by atoms with van der Waals surface area (Å²) in [6.07, 6.45) is 7.39. The molecule has 1 saturated carbocycles. The molecule has 0 bridgehead atoms. The highest BCUT2D eigenvalue weighted by Gasteiger charge is 2.61. The Kier molecular flexibility index (Phi) is 10.0. The number of ether oxygens (including phenoxy) is 1. The zero-order valence-electron chi connectivity index (χ0n) is 28.7. The molecule has 2 fully saturated rings. The Balaban J connectivity index is 1.23. The van der Waals surface area contributed by atoms with E-state index in [1.165, 1.54) is 9.70 Å². The minimum Gasteiger partial charge on any atom is -0.479 e. The molecule has 264 valence electrons. The lowest BCUT2D eigenvalue weighted by molar-refractivity contribution is -0.145. The van der Waals surface area contributed by atoms with E-state index in [1.807, 2.05) is 54.6 Å². The van der Waals surface area contributed by atoms with Crippen LogP contribution in [0.1, 0.15) is 83.1 Å². The Morgan fingerprint density at radius 1 is 1.04 bits per heavy atom. The van der Waals surface area contributed by atoms with Crippen LogP contribution in [0.25, 0.3) is 11.1 Å². The van der Waals surface area contributed by atoms with E-state index in [0.29, 0.717) is 25.1 Å². The van der Waals surface area contributed by atoms with Gasteiger partial charge in [0.1, 0.15) is 23.2 Å². The second-order valence-electron chi connectivity index (χ2n) is 14.5. The maximum Gasteiger partial charge on any atom is 0.408 e. The number of alkyl carbamates (subject to hydrolysis) is 1. The van der Waals surface area contributed by atoms with Crippen LogP contribution in [0.3, 0.4) is 0 Å². The van der Waals surface area contributed by atoms with Crippen LogP contribution in [-0.4, -0.2) is 83.9 Å². The summed E-state index contributed by atoms with van der Waals surface area (Å²) in [5, 5.41) is 28.9. The van der Waals surface area contributed by atoms with E-state index in [4.69, 9.17) is 4.74 Å². The van der Waals surface area contributed by atoms with E-state index < -0.39 is 53.1 Å². The number of nitrogens with zero attached hydrogens (tertiary/aromatic N) is 5. The number of carbonyl (C=O) groups excluding carboxylic acids is 3. The number of hydrogen-bond donors (Lipinski definition) is 3. The van der Waals surface area contributed by atoms with Gasteiger partial charge in [0.25, 0.3) is 0 Å². The first kappa shape index (κ1) is 34.8. The fourth-order valence-electron chi connectivity index (χ4n) is 6.80. The molecule has 3 N–H and O–H groups in total. The monoisotopic (exact) mass is 683 g/mol. The maximum atomic E-state index is 14.3. The SMILES string of the molecule is CC(C)(C)OC(=O)N[C@H]1CCCCC/C=C\[C@@H]2C[C@@]2(C(=O)O)NC(=O)[C@@H]2C[C@@H](n3nnc(Cc4ccc(-c5ccccc5)cc4)n3)CN2C1=O. The van der Waals surface area contributed by atoms with Gasteiger partial charge in [-0.15, -0.1) is 10.2 Å². The zero-order chi connectivity index (χ0) is 35.5. The number of benzene rings is 2. The highest BCUT2D eigenvalue weighted by molar-refractivity contribution is 5.96. The van der Waals surface area contributed by atoms with Gasteiger partial charge in [0, 0.05) is 25.3 Å². The molecule has 3 aromatic rings. The Bertz CT molecular complexity index is 1730. The average molecular weight is 684 g/mol. The number of carboxylic acids is 1. The Morgan fingerprint density at radius 3 is 2.50 bits per heavy atom. The average Bonchev–Trinajstić information content (AvgIpc) is 3.36. The molecule has 2 aromatic carbocycles. The van der Waals surface area contributed by atoms with Crippen LogP contribution in [0.5, 0.6) is 0 Å². The van der Waals surface area contributed by atoms with Gasteiger partial charge in [-0.1, -0.05) is 79.6 Å². The number of amides is 3. The smallest absolute Gasteiger partial charge is 0.408 e. The fraction of sp³-hybridized carbons (Fsp3) is 0.486. The van der Waals surface area contributed by atoms with Gasteiger partial charge in [0.2, 0.25) is 11.8 Å². The standard InChI is InChI=1S/C37H45N7O6/c1-36(2,3)50-35(49)38-29-15-11-6-4-5-10-14-27-22-37(27,34(47)48)39-32(45)30-21-28(23-43(30)33(29)46)44-41-31(40-42-44)20-24-16-18-26(19-17-24)25-12-8-7-9-13-25/h7-10,12-14,16-19,27-30H,4-6,11,15,20-23H2,1-3H3,(H,38,49)(H,39,45)(H,47,48)/b14-10-/t27-,28-,29+,30+,37-/m1/s1. The predicted molar refractivity (Wildman–Crippen MR) is 184 cm³/mol. The molecular weight excluding hydrogens is 638 g/mol. The number of tetrazole rings is 1. The summed E-state index contributed by atoms with van der Waals surface area (Å²) in [5.74, 6) is -1.97. The van der Waals surface area contributed by atoms with E-state index in [0.717, 1.165) is 36.0 Å². The van der Waals surface area contributed by atoms with Crippen LogP contribution in [0.4, 0.5) is 4.79 Å². The molecule has 3 heterocycles. The first-order valence-electron chi connectivity index (χ1n) is 17.4. The molecular formula is C37H45N7O6. The van der Waals surface area contributed by atoms with Crippen LogP contribution in [0.2, 0.25) is 0 Å². The van der Waals surface area contributed by atoms with Gasteiger partial charge in [0.05, 0.1) is 6.04 Å². The molecule has 2 aliphatic heterocycles. The van der Waals surface area contributed by atoms with Crippen molar-refractivity contribution in [2.24, 2.45) is 5.92 Å².